The Labute approximate surface area is 131 Å². The van der Waals surface area contributed by atoms with Crippen LogP contribution in [0, 0.1) is 23.7 Å². The molecular formula is C20H34O. The standard InChI is InChI=1S/C20H34O/c1-14(2)7-6-8-15(3)17-10-11-18-16(4)9-12-19(18)20(5,21)13-17/h7,16-19,21H,3,6,8-13H2,1-2,4-5H3/t16-,17+,18-,19+,20+/m0/s1. The van der Waals surface area contributed by atoms with Gasteiger partial charge in [0, 0.05) is 0 Å². The molecule has 0 heterocycles. The van der Waals surface area contributed by atoms with Crippen LogP contribution in [0.15, 0.2) is 23.8 Å². The largest absolute Gasteiger partial charge is 0.390 e. The first-order valence-corrected chi connectivity index (χ1v) is 8.84. The molecule has 2 saturated carbocycles. The summed E-state index contributed by atoms with van der Waals surface area (Å²) in [6.07, 6.45) is 10.4. The highest BCUT2D eigenvalue weighted by molar-refractivity contribution is 5.09. The summed E-state index contributed by atoms with van der Waals surface area (Å²) < 4.78 is 0. The summed E-state index contributed by atoms with van der Waals surface area (Å²) in [6, 6.07) is 0. The van der Waals surface area contributed by atoms with Gasteiger partial charge >= 0.3 is 0 Å². The molecule has 0 aliphatic heterocycles. The zero-order valence-corrected chi connectivity index (χ0v) is 14.5. The highest BCUT2D eigenvalue weighted by Crippen LogP contribution is 2.51. The van der Waals surface area contributed by atoms with Crippen molar-refractivity contribution >= 4 is 0 Å². The van der Waals surface area contributed by atoms with Crippen LogP contribution in [0.3, 0.4) is 0 Å². The van der Waals surface area contributed by atoms with E-state index >= 15 is 0 Å². The maximum atomic E-state index is 11.0. The van der Waals surface area contributed by atoms with Gasteiger partial charge in [0.05, 0.1) is 5.60 Å². The van der Waals surface area contributed by atoms with Gasteiger partial charge in [-0.25, -0.2) is 0 Å². The number of rotatable bonds is 4. The molecule has 0 bridgehead atoms. The van der Waals surface area contributed by atoms with Crippen molar-refractivity contribution in [2.45, 2.75) is 78.2 Å². The molecule has 0 aromatic carbocycles. The first kappa shape index (κ1) is 16.8. The SMILES string of the molecule is C=C(CCC=C(C)C)[C@@H]1CC[C@@H]2[C@@H](CC[C@@H]2C)[C@](C)(O)C1. The molecule has 120 valence electrons. The number of hydrogen-bond donors (Lipinski definition) is 1. The third kappa shape index (κ3) is 4.00. The van der Waals surface area contributed by atoms with Crippen LogP contribution in [0.4, 0.5) is 0 Å². The average molecular weight is 290 g/mol. The lowest BCUT2D eigenvalue weighted by molar-refractivity contribution is -0.0262. The van der Waals surface area contributed by atoms with Crippen molar-refractivity contribution in [3.05, 3.63) is 23.8 Å². The number of aliphatic hydroxyl groups is 1. The number of allylic oxidation sites excluding steroid dienone is 3. The van der Waals surface area contributed by atoms with Gasteiger partial charge in [0.1, 0.15) is 0 Å². The van der Waals surface area contributed by atoms with Crippen LogP contribution in [0.2, 0.25) is 0 Å². The van der Waals surface area contributed by atoms with E-state index in [1.807, 2.05) is 0 Å². The third-order valence-corrected chi connectivity index (χ3v) is 6.08. The molecule has 2 aliphatic carbocycles. The number of fused-ring (bicyclic) bond motifs is 1. The number of hydrogen-bond acceptors (Lipinski definition) is 1. The molecule has 2 rings (SSSR count). The lowest BCUT2D eigenvalue weighted by Crippen LogP contribution is -2.37. The van der Waals surface area contributed by atoms with E-state index in [0.29, 0.717) is 11.8 Å². The first-order valence-electron chi connectivity index (χ1n) is 8.84. The van der Waals surface area contributed by atoms with E-state index in [1.165, 1.54) is 36.8 Å². The molecule has 0 aromatic rings. The van der Waals surface area contributed by atoms with Crippen molar-refractivity contribution in [1.82, 2.24) is 0 Å². The van der Waals surface area contributed by atoms with Gasteiger partial charge in [0.2, 0.25) is 0 Å². The van der Waals surface area contributed by atoms with E-state index in [1.54, 1.807) is 0 Å². The smallest absolute Gasteiger partial charge is 0.0656 e. The van der Waals surface area contributed by atoms with Crippen LogP contribution >= 0.6 is 0 Å². The Bertz CT molecular complexity index is 400. The Kier molecular flexibility index (Phi) is 5.35. The van der Waals surface area contributed by atoms with Crippen molar-refractivity contribution in [1.29, 1.82) is 0 Å². The molecular weight excluding hydrogens is 256 g/mol. The van der Waals surface area contributed by atoms with Crippen LogP contribution in [0.1, 0.15) is 72.6 Å². The molecule has 21 heavy (non-hydrogen) atoms. The predicted molar refractivity (Wildman–Crippen MR) is 91.1 cm³/mol. The Hall–Kier alpha value is -0.560. The molecule has 5 atom stereocenters. The van der Waals surface area contributed by atoms with E-state index in [2.05, 4.69) is 40.3 Å². The predicted octanol–water partition coefficient (Wildman–Crippen LogP) is 5.50. The summed E-state index contributed by atoms with van der Waals surface area (Å²) in [5, 5.41) is 11.0. The van der Waals surface area contributed by atoms with Crippen LogP contribution < -0.4 is 0 Å². The van der Waals surface area contributed by atoms with E-state index in [0.717, 1.165) is 31.1 Å². The average Bonchev–Trinajstić information content (AvgIpc) is 2.69. The minimum Gasteiger partial charge on any atom is -0.390 e. The van der Waals surface area contributed by atoms with Crippen LogP contribution in [-0.4, -0.2) is 10.7 Å². The molecule has 2 aliphatic rings. The third-order valence-electron chi connectivity index (χ3n) is 6.08. The van der Waals surface area contributed by atoms with Crippen LogP contribution in [0.25, 0.3) is 0 Å². The second-order valence-electron chi connectivity index (χ2n) is 8.14. The quantitative estimate of drug-likeness (QED) is 0.678. The lowest BCUT2D eigenvalue weighted by Gasteiger charge is -2.34. The van der Waals surface area contributed by atoms with Crippen LogP contribution in [0.5, 0.6) is 0 Å². The monoisotopic (exact) mass is 290 g/mol. The summed E-state index contributed by atoms with van der Waals surface area (Å²) in [5.41, 5.74) is 2.26. The Morgan fingerprint density at radius 3 is 2.62 bits per heavy atom. The molecule has 1 nitrogen and oxygen atoms in total. The fourth-order valence-electron chi connectivity index (χ4n) is 4.77. The highest BCUT2D eigenvalue weighted by Gasteiger charge is 2.46. The van der Waals surface area contributed by atoms with E-state index < -0.39 is 5.60 Å². The molecule has 0 saturated heterocycles. The molecule has 1 heteroatoms. The molecule has 2 fully saturated rings. The van der Waals surface area contributed by atoms with Gasteiger partial charge in [0.15, 0.2) is 0 Å². The zero-order valence-electron chi connectivity index (χ0n) is 14.5. The summed E-state index contributed by atoms with van der Waals surface area (Å²) in [6.45, 7) is 13.1. The second kappa shape index (κ2) is 6.69. The van der Waals surface area contributed by atoms with Gasteiger partial charge in [-0.15, -0.1) is 0 Å². The van der Waals surface area contributed by atoms with Gasteiger partial charge in [0.25, 0.3) is 0 Å². The Morgan fingerprint density at radius 1 is 1.24 bits per heavy atom. The van der Waals surface area contributed by atoms with Gasteiger partial charge in [-0.05, 0) is 83.0 Å². The van der Waals surface area contributed by atoms with Crippen molar-refractivity contribution in [2.75, 3.05) is 0 Å². The van der Waals surface area contributed by atoms with E-state index in [9.17, 15) is 5.11 Å². The topological polar surface area (TPSA) is 20.2 Å². The maximum absolute atomic E-state index is 11.0. The van der Waals surface area contributed by atoms with Crippen molar-refractivity contribution < 1.29 is 5.11 Å². The van der Waals surface area contributed by atoms with Gasteiger partial charge in [-0.2, -0.15) is 0 Å². The Balaban J connectivity index is 2.00. The van der Waals surface area contributed by atoms with E-state index in [-0.39, 0.29) is 0 Å². The van der Waals surface area contributed by atoms with Gasteiger partial charge in [-0.3, -0.25) is 0 Å². The molecule has 0 amide bonds. The van der Waals surface area contributed by atoms with E-state index in [4.69, 9.17) is 0 Å². The normalized spacial score (nSPS) is 39.5. The van der Waals surface area contributed by atoms with Crippen LogP contribution in [-0.2, 0) is 0 Å². The molecule has 0 spiro atoms. The Morgan fingerprint density at radius 2 is 1.95 bits per heavy atom. The summed E-state index contributed by atoms with van der Waals surface area (Å²) in [4.78, 5) is 0. The molecule has 0 unspecified atom stereocenters. The zero-order chi connectivity index (χ0) is 15.6. The first-order chi connectivity index (χ1) is 9.81. The minimum atomic E-state index is -0.490. The van der Waals surface area contributed by atoms with Gasteiger partial charge < -0.3 is 5.11 Å². The molecule has 0 radical (unpaired) electrons. The minimum absolute atomic E-state index is 0.490. The summed E-state index contributed by atoms with van der Waals surface area (Å²) >= 11 is 0. The van der Waals surface area contributed by atoms with Crippen molar-refractivity contribution in [2.24, 2.45) is 23.7 Å². The molecule has 1 N–H and O–H groups in total. The fraction of sp³-hybridized carbons (Fsp3) is 0.800. The summed E-state index contributed by atoms with van der Waals surface area (Å²) in [5.74, 6) is 2.56. The summed E-state index contributed by atoms with van der Waals surface area (Å²) in [7, 11) is 0. The fourth-order valence-corrected chi connectivity index (χ4v) is 4.77. The van der Waals surface area contributed by atoms with Crippen molar-refractivity contribution in [3.8, 4) is 0 Å². The van der Waals surface area contributed by atoms with Crippen molar-refractivity contribution in [3.63, 3.8) is 0 Å². The maximum Gasteiger partial charge on any atom is 0.0656 e. The van der Waals surface area contributed by atoms with Gasteiger partial charge in [-0.1, -0.05) is 37.1 Å². The molecule has 0 aromatic heterocycles. The highest BCUT2D eigenvalue weighted by atomic mass is 16.3. The lowest BCUT2D eigenvalue weighted by atomic mass is 9.77. The second-order valence-corrected chi connectivity index (χ2v) is 8.14.